The van der Waals surface area contributed by atoms with Crippen molar-refractivity contribution in [2.75, 3.05) is 12.4 Å². The maximum absolute atomic E-state index is 12.2. The largest absolute Gasteiger partial charge is 0.490 e. The predicted octanol–water partition coefficient (Wildman–Crippen LogP) is 6.38. The standard InChI is InChI=1S/C24H23BrCl2N4O3S/c1-4-33-21-9-16(8-19(25)23(21)34-12-17-5-6-18(26)10-20(17)27)11-28-31-22(32)13-35-24-29-14(2)7-15(3)30-24/h5-11H,4,12-13H2,1-3H3,(H,31,32)/b28-11-. The molecule has 2 aromatic carbocycles. The topological polar surface area (TPSA) is 85.7 Å². The molecule has 0 spiro atoms. The van der Waals surface area contributed by atoms with Crippen molar-refractivity contribution in [2.45, 2.75) is 32.5 Å². The molecule has 1 N–H and O–H groups in total. The summed E-state index contributed by atoms with van der Waals surface area (Å²) in [6.45, 7) is 6.34. The van der Waals surface area contributed by atoms with Crippen LogP contribution in [0.3, 0.4) is 0 Å². The molecule has 0 fully saturated rings. The van der Waals surface area contributed by atoms with Crippen LogP contribution in [0.2, 0.25) is 10.0 Å². The lowest BCUT2D eigenvalue weighted by Crippen LogP contribution is -2.19. The summed E-state index contributed by atoms with van der Waals surface area (Å²) in [5, 5.41) is 5.69. The Balaban J connectivity index is 1.63. The first-order valence-corrected chi connectivity index (χ1v) is 13.1. The van der Waals surface area contributed by atoms with Gasteiger partial charge in [-0.3, -0.25) is 4.79 Å². The zero-order valence-electron chi connectivity index (χ0n) is 19.3. The van der Waals surface area contributed by atoms with Gasteiger partial charge in [0.2, 0.25) is 0 Å². The van der Waals surface area contributed by atoms with Gasteiger partial charge in [-0.25, -0.2) is 15.4 Å². The summed E-state index contributed by atoms with van der Waals surface area (Å²) in [5.41, 5.74) is 5.74. The molecule has 0 aliphatic carbocycles. The number of nitrogens with one attached hydrogen (secondary N) is 1. The van der Waals surface area contributed by atoms with E-state index in [0.717, 1.165) is 17.0 Å². The maximum Gasteiger partial charge on any atom is 0.250 e. The Kier molecular flexibility index (Phi) is 10.2. The third-order valence-corrected chi connectivity index (χ3v) is 6.44. The lowest BCUT2D eigenvalue weighted by atomic mass is 10.2. The number of benzene rings is 2. The Labute approximate surface area is 226 Å². The summed E-state index contributed by atoms with van der Waals surface area (Å²) in [7, 11) is 0. The minimum absolute atomic E-state index is 0.147. The molecule has 1 aromatic heterocycles. The number of rotatable bonds is 10. The van der Waals surface area contributed by atoms with Gasteiger partial charge in [0.25, 0.3) is 5.91 Å². The number of ether oxygens (including phenoxy) is 2. The number of amides is 1. The van der Waals surface area contributed by atoms with Crippen molar-refractivity contribution in [2.24, 2.45) is 5.10 Å². The van der Waals surface area contributed by atoms with Crippen LogP contribution in [-0.2, 0) is 11.4 Å². The van der Waals surface area contributed by atoms with Crippen molar-refractivity contribution < 1.29 is 14.3 Å². The minimum Gasteiger partial charge on any atom is -0.490 e. The lowest BCUT2D eigenvalue weighted by Gasteiger charge is -2.15. The second-order valence-corrected chi connectivity index (χ2v) is 9.94. The minimum atomic E-state index is -0.266. The van der Waals surface area contributed by atoms with Crippen LogP contribution >= 0.6 is 50.9 Å². The lowest BCUT2D eigenvalue weighted by molar-refractivity contribution is -0.118. The number of thioether (sulfide) groups is 1. The maximum atomic E-state index is 12.2. The summed E-state index contributed by atoms with van der Waals surface area (Å²) in [4.78, 5) is 20.8. The second kappa shape index (κ2) is 13.1. The van der Waals surface area contributed by atoms with Gasteiger partial charge in [-0.1, -0.05) is 41.0 Å². The van der Waals surface area contributed by atoms with Crippen molar-refractivity contribution in [1.29, 1.82) is 0 Å². The molecular weight excluding hydrogens is 575 g/mol. The number of hydrogen-bond donors (Lipinski definition) is 1. The summed E-state index contributed by atoms with van der Waals surface area (Å²) < 4.78 is 12.4. The average Bonchev–Trinajstić information content (AvgIpc) is 2.78. The quantitative estimate of drug-likeness (QED) is 0.126. The smallest absolute Gasteiger partial charge is 0.250 e. The van der Waals surface area contributed by atoms with Crippen molar-refractivity contribution in [3.05, 3.63) is 73.4 Å². The number of aryl methyl sites for hydroxylation is 2. The fourth-order valence-corrected chi connectivity index (χ4v) is 4.73. The average molecular weight is 598 g/mol. The van der Waals surface area contributed by atoms with Crippen LogP contribution in [0.5, 0.6) is 11.5 Å². The highest BCUT2D eigenvalue weighted by molar-refractivity contribution is 9.10. The third kappa shape index (κ3) is 8.38. The van der Waals surface area contributed by atoms with Crippen molar-refractivity contribution in [1.82, 2.24) is 15.4 Å². The fraction of sp³-hybridized carbons (Fsp3) is 0.250. The molecular formula is C24H23BrCl2N4O3S. The van der Waals surface area contributed by atoms with Gasteiger partial charge in [0.1, 0.15) is 6.61 Å². The van der Waals surface area contributed by atoms with Crippen molar-refractivity contribution in [3.8, 4) is 11.5 Å². The van der Waals surface area contributed by atoms with Crippen molar-refractivity contribution >= 4 is 63.0 Å². The molecule has 184 valence electrons. The molecule has 0 saturated carbocycles. The molecule has 1 heterocycles. The highest BCUT2D eigenvalue weighted by Gasteiger charge is 2.13. The van der Waals surface area contributed by atoms with E-state index in [1.54, 1.807) is 18.2 Å². The summed E-state index contributed by atoms with van der Waals surface area (Å²) in [6.07, 6.45) is 1.53. The number of carbonyl (C=O) groups is 1. The highest BCUT2D eigenvalue weighted by Crippen LogP contribution is 2.37. The molecule has 3 rings (SSSR count). The third-order valence-electron chi connectivity index (χ3n) is 4.42. The summed E-state index contributed by atoms with van der Waals surface area (Å²) in [6, 6.07) is 10.7. The van der Waals surface area contributed by atoms with E-state index >= 15 is 0 Å². The Morgan fingerprint density at radius 3 is 2.57 bits per heavy atom. The molecule has 35 heavy (non-hydrogen) atoms. The van der Waals surface area contributed by atoms with Crippen LogP contribution in [0.25, 0.3) is 0 Å². The number of carbonyl (C=O) groups excluding carboxylic acids is 1. The van der Waals surface area contributed by atoms with Crippen LogP contribution in [0.4, 0.5) is 0 Å². The van der Waals surface area contributed by atoms with Crippen LogP contribution in [0.1, 0.15) is 29.4 Å². The molecule has 0 saturated heterocycles. The van der Waals surface area contributed by atoms with Gasteiger partial charge >= 0.3 is 0 Å². The molecule has 0 unspecified atom stereocenters. The Hall–Kier alpha value is -2.33. The monoisotopic (exact) mass is 596 g/mol. The van der Waals surface area contributed by atoms with Gasteiger partial charge in [-0.05, 0) is 72.6 Å². The Bertz CT molecular complexity index is 1220. The molecule has 11 heteroatoms. The predicted molar refractivity (Wildman–Crippen MR) is 144 cm³/mol. The van der Waals surface area contributed by atoms with E-state index in [0.29, 0.717) is 43.3 Å². The van der Waals surface area contributed by atoms with Gasteiger partial charge in [-0.2, -0.15) is 5.10 Å². The van der Waals surface area contributed by atoms with Gasteiger partial charge in [-0.15, -0.1) is 0 Å². The Morgan fingerprint density at radius 2 is 1.89 bits per heavy atom. The molecule has 0 aliphatic rings. The number of hydrogen-bond acceptors (Lipinski definition) is 7. The van der Waals surface area contributed by atoms with Crippen LogP contribution in [0, 0.1) is 13.8 Å². The first-order chi connectivity index (χ1) is 16.7. The Morgan fingerprint density at radius 1 is 1.14 bits per heavy atom. The van der Waals surface area contributed by atoms with E-state index in [-0.39, 0.29) is 18.3 Å². The van der Waals surface area contributed by atoms with Crippen molar-refractivity contribution in [3.63, 3.8) is 0 Å². The fourth-order valence-electron chi connectivity index (χ4n) is 2.95. The van der Waals surface area contributed by atoms with E-state index in [2.05, 4.69) is 36.4 Å². The van der Waals surface area contributed by atoms with Crippen LogP contribution in [-0.4, -0.2) is 34.4 Å². The molecule has 0 bridgehead atoms. The second-order valence-electron chi connectivity index (χ2n) is 7.30. The zero-order chi connectivity index (χ0) is 25.4. The summed E-state index contributed by atoms with van der Waals surface area (Å²) in [5.74, 6) is 0.942. The number of aromatic nitrogens is 2. The molecule has 0 radical (unpaired) electrons. The van der Waals surface area contributed by atoms with E-state index in [1.165, 1.54) is 18.0 Å². The first-order valence-electron chi connectivity index (χ1n) is 10.5. The highest BCUT2D eigenvalue weighted by atomic mass is 79.9. The number of halogens is 3. The van der Waals surface area contributed by atoms with E-state index in [1.807, 2.05) is 39.0 Å². The number of hydrazone groups is 1. The SMILES string of the molecule is CCOc1cc(/C=N\NC(=O)CSc2nc(C)cc(C)n2)cc(Br)c1OCc1ccc(Cl)cc1Cl. The van der Waals surface area contributed by atoms with Gasteiger partial charge in [0.15, 0.2) is 16.7 Å². The molecule has 7 nitrogen and oxygen atoms in total. The molecule has 0 atom stereocenters. The summed E-state index contributed by atoms with van der Waals surface area (Å²) >= 11 is 17.0. The number of nitrogens with zero attached hydrogens (tertiary/aromatic N) is 3. The molecule has 0 aliphatic heterocycles. The first kappa shape index (κ1) is 27.3. The van der Waals surface area contributed by atoms with Crippen LogP contribution < -0.4 is 14.9 Å². The normalized spacial score (nSPS) is 11.0. The van der Waals surface area contributed by atoms with Gasteiger partial charge < -0.3 is 9.47 Å². The molecule has 3 aromatic rings. The van der Waals surface area contributed by atoms with Crippen LogP contribution in [0.15, 0.2) is 51.1 Å². The zero-order valence-corrected chi connectivity index (χ0v) is 23.2. The van der Waals surface area contributed by atoms with Gasteiger partial charge in [0.05, 0.1) is 23.0 Å². The van der Waals surface area contributed by atoms with E-state index < -0.39 is 0 Å². The van der Waals surface area contributed by atoms with E-state index in [9.17, 15) is 4.79 Å². The van der Waals surface area contributed by atoms with E-state index in [4.69, 9.17) is 32.7 Å². The molecule has 1 amide bonds. The van der Waals surface area contributed by atoms with Gasteiger partial charge in [0, 0.05) is 27.0 Å².